The maximum Gasteiger partial charge on any atom is 0.338 e. The third-order valence-electron chi connectivity index (χ3n) is 7.88. The molecule has 0 saturated carbocycles. The van der Waals surface area contributed by atoms with E-state index in [1.807, 2.05) is 31.2 Å². The van der Waals surface area contributed by atoms with E-state index in [-0.39, 0.29) is 16.8 Å². The highest BCUT2D eigenvalue weighted by molar-refractivity contribution is 5.98. The first-order valence-electron chi connectivity index (χ1n) is 13.9. The largest absolute Gasteiger partial charge is 0.494 e. The zero-order valence-electron chi connectivity index (χ0n) is 24.2. The van der Waals surface area contributed by atoms with Gasteiger partial charge in [-0.05, 0) is 109 Å². The van der Waals surface area contributed by atoms with Gasteiger partial charge >= 0.3 is 5.97 Å². The predicted octanol–water partition coefficient (Wildman–Crippen LogP) is 7.88. The van der Waals surface area contributed by atoms with Crippen LogP contribution in [0.5, 0.6) is 5.75 Å². The summed E-state index contributed by atoms with van der Waals surface area (Å²) in [4.78, 5) is 15.1. The number of hydrogen-bond acceptors (Lipinski definition) is 4. The molecule has 3 aromatic rings. The normalized spacial score (nSPS) is 15.7. The molecule has 1 aliphatic rings. The van der Waals surface area contributed by atoms with Crippen LogP contribution in [0.3, 0.4) is 0 Å². The molecule has 0 amide bonds. The van der Waals surface area contributed by atoms with Crippen molar-refractivity contribution in [1.29, 1.82) is 0 Å². The number of carbonyl (C=O) groups is 1. The number of ether oxygens (including phenoxy) is 2. The van der Waals surface area contributed by atoms with E-state index < -0.39 is 0 Å². The van der Waals surface area contributed by atoms with Crippen LogP contribution in [0.15, 0.2) is 60.7 Å². The van der Waals surface area contributed by atoms with Crippen molar-refractivity contribution in [2.45, 2.75) is 64.7 Å². The van der Waals surface area contributed by atoms with Crippen LogP contribution in [0.4, 0.5) is 0 Å². The number of esters is 1. The van der Waals surface area contributed by atoms with E-state index in [0.29, 0.717) is 18.8 Å². The lowest BCUT2D eigenvalue weighted by atomic mass is 9.63. The summed E-state index contributed by atoms with van der Waals surface area (Å²) in [5.41, 5.74) is 7.73. The molecule has 0 saturated heterocycles. The van der Waals surface area contributed by atoms with Gasteiger partial charge < -0.3 is 14.4 Å². The van der Waals surface area contributed by atoms with Gasteiger partial charge in [-0.1, -0.05) is 64.1 Å². The van der Waals surface area contributed by atoms with Gasteiger partial charge in [-0.25, -0.2) is 4.79 Å². The first-order valence-corrected chi connectivity index (χ1v) is 13.9. The molecule has 0 heterocycles. The van der Waals surface area contributed by atoms with E-state index in [1.165, 1.54) is 17.5 Å². The summed E-state index contributed by atoms with van der Waals surface area (Å²) in [6.45, 7) is 13.2. The Morgan fingerprint density at radius 1 is 0.816 bits per heavy atom. The van der Waals surface area contributed by atoms with Crippen molar-refractivity contribution in [2.24, 2.45) is 0 Å². The molecule has 0 fully saturated rings. The standard InChI is InChI=1S/C34H43NO3/c1-8-37-32(36)28-16-12-25(24-10-14-27(15-11-24)38-21-9-20-35(6)7)22-29(28)26-13-17-30-31(23-26)34(4,5)19-18-33(30,2)3/h10-17,22-23H,8-9,18-21H2,1-7H3. The van der Waals surface area contributed by atoms with Crippen LogP contribution >= 0.6 is 0 Å². The fraction of sp³-hybridized carbons (Fsp3) is 0.441. The lowest BCUT2D eigenvalue weighted by Gasteiger charge is -2.42. The number of benzene rings is 3. The number of rotatable bonds is 9. The van der Waals surface area contributed by atoms with Gasteiger partial charge in [-0.3, -0.25) is 0 Å². The van der Waals surface area contributed by atoms with Crippen molar-refractivity contribution in [3.05, 3.63) is 77.4 Å². The molecular weight excluding hydrogens is 470 g/mol. The predicted molar refractivity (Wildman–Crippen MR) is 157 cm³/mol. The Morgan fingerprint density at radius 3 is 2.11 bits per heavy atom. The fourth-order valence-corrected chi connectivity index (χ4v) is 5.42. The molecule has 4 rings (SSSR count). The number of fused-ring (bicyclic) bond motifs is 1. The van der Waals surface area contributed by atoms with E-state index in [0.717, 1.165) is 47.4 Å². The van der Waals surface area contributed by atoms with Gasteiger partial charge in [0.25, 0.3) is 0 Å². The summed E-state index contributed by atoms with van der Waals surface area (Å²) in [5, 5.41) is 0. The van der Waals surface area contributed by atoms with Crippen LogP contribution in [-0.4, -0.2) is 44.7 Å². The number of hydrogen-bond donors (Lipinski definition) is 0. The lowest BCUT2D eigenvalue weighted by Crippen LogP contribution is -2.33. The van der Waals surface area contributed by atoms with Gasteiger partial charge in [0.2, 0.25) is 0 Å². The monoisotopic (exact) mass is 513 g/mol. The second kappa shape index (κ2) is 11.3. The summed E-state index contributed by atoms with van der Waals surface area (Å²) in [7, 11) is 4.14. The van der Waals surface area contributed by atoms with Crippen LogP contribution in [-0.2, 0) is 15.6 Å². The Hall–Kier alpha value is -3.11. The highest BCUT2D eigenvalue weighted by atomic mass is 16.5. The molecule has 3 aromatic carbocycles. The second-order valence-corrected chi connectivity index (χ2v) is 12.0. The fourth-order valence-electron chi connectivity index (χ4n) is 5.42. The maximum absolute atomic E-state index is 13.0. The lowest BCUT2D eigenvalue weighted by molar-refractivity contribution is 0.0527. The van der Waals surface area contributed by atoms with Crippen LogP contribution < -0.4 is 4.74 Å². The topological polar surface area (TPSA) is 38.8 Å². The first-order chi connectivity index (χ1) is 18.0. The smallest absolute Gasteiger partial charge is 0.338 e. The Morgan fingerprint density at radius 2 is 1.45 bits per heavy atom. The van der Waals surface area contributed by atoms with Gasteiger partial charge in [0, 0.05) is 6.54 Å². The number of carbonyl (C=O) groups excluding carboxylic acids is 1. The zero-order valence-corrected chi connectivity index (χ0v) is 24.2. The Labute approximate surface area is 229 Å². The highest BCUT2D eigenvalue weighted by Gasteiger charge is 2.37. The van der Waals surface area contributed by atoms with Crippen molar-refractivity contribution < 1.29 is 14.3 Å². The summed E-state index contributed by atoms with van der Waals surface area (Å²) < 4.78 is 11.4. The van der Waals surface area contributed by atoms with E-state index >= 15 is 0 Å². The molecular formula is C34H43NO3. The van der Waals surface area contributed by atoms with E-state index in [4.69, 9.17) is 9.47 Å². The Bertz CT molecular complexity index is 1270. The van der Waals surface area contributed by atoms with E-state index in [9.17, 15) is 4.79 Å². The molecule has 1 aliphatic carbocycles. The van der Waals surface area contributed by atoms with Crippen LogP contribution in [0.2, 0.25) is 0 Å². The molecule has 4 nitrogen and oxygen atoms in total. The molecule has 4 heteroatoms. The average Bonchev–Trinajstić information content (AvgIpc) is 2.89. The van der Waals surface area contributed by atoms with Crippen molar-refractivity contribution in [2.75, 3.05) is 33.9 Å². The molecule has 0 aromatic heterocycles. The third kappa shape index (κ3) is 6.13. The minimum absolute atomic E-state index is 0.0882. The van der Waals surface area contributed by atoms with Gasteiger partial charge in [0.05, 0.1) is 18.8 Å². The molecule has 202 valence electrons. The van der Waals surface area contributed by atoms with Crippen LogP contribution in [0.25, 0.3) is 22.3 Å². The van der Waals surface area contributed by atoms with E-state index in [2.05, 4.69) is 83.1 Å². The minimum atomic E-state index is -0.284. The van der Waals surface area contributed by atoms with Gasteiger partial charge in [0.1, 0.15) is 5.75 Å². The van der Waals surface area contributed by atoms with Gasteiger partial charge in [0.15, 0.2) is 0 Å². The van der Waals surface area contributed by atoms with Crippen molar-refractivity contribution >= 4 is 5.97 Å². The SMILES string of the molecule is CCOC(=O)c1ccc(-c2ccc(OCCCN(C)C)cc2)cc1-c1ccc2c(c1)C(C)(C)CCC2(C)C. The third-order valence-corrected chi connectivity index (χ3v) is 7.88. The van der Waals surface area contributed by atoms with Crippen molar-refractivity contribution in [3.63, 3.8) is 0 Å². The van der Waals surface area contributed by atoms with E-state index in [1.54, 1.807) is 0 Å². The second-order valence-electron chi connectivity index (χ2n) is 12.0. The zero-order chi connectivity index (χ0) is 27.5. The Kier molecular flexibility index (Phi) is 8.32. The molecule has 0 atom stereocenters. The average molecular weight is 514 g/mol. The first kappa shape index (κ1) is 27.9. The van der Waals surface area contributed by atoms with Crippen molar-refractivity contribution in [3.8, 4) is 28.0 Å². The molecule has 38 heavy (non-hydrogen) atoms. The molecule has 0 radical (unpaired) electrons. The van der Waals surface area contributed by atoms with Crippen molar-refractivity contribution in [1.82, 2.24) is 4.90 Å². The summed E-state index contributed by atoms with van der Waals surface area (Å²) in [5.74, 6) is 0.586. The molecule has 0 unspecified atom stereocenters. The molecule has 0 bridgehead atoms. The number of nitrogens with zero attached hydrogens (tertiary/aromatic N) is 1. The molecule has 0 N–H and O–H groups in total. The summed E-state index contributed by atoms with van der Waals surface area (Å²) >= 11 is 0. The van der Waals surface area contributed by atoms with Gasteiger partial charge in [-0.2, -0.15) is 0 Å². The van der Waals surface area contributed by atoms with Crippen LogP contribution in [0, 0.1) is 0 Å². The summed E-state index contributed by atoms with van der Waals surface area (Å²) in [6, 6.07) is 21.0. The minimum Gasteiger partial charge on any atom is -0.494 e. The highest BCUT2D eigenvalue weighted by Crippen LogP contribution is 2.47. The summed E-state index contributed by atoms with van der Waals surface area (Å²) in [6.07, 6.45) is 3.30. The maximum atomic E-state index is 13.0. The molecule has 0 spiro atoms. The van der Waals surface area contributed by atoms with Crippen LogP contribution in [0.1, 0.15) is 75.4 Å². The Balaban J connectivity index is 1.70. The quantitative estimate of drug-likeness (QED) is 0.215. The molecule has 0 aliphatic heterocycles. The van der Waals surface area contributed by atoms with Gasteiger partial charge in [-0.15, -0.1) is 0 Å².